The summed E-state index contributed by atoms with van der Waals surface area (Å²) in [7, 11) is 1.33. The Kier molecular flexibility index (Phi) is 6.83. The Morgan fingerprint density at radius 1 is 0.938 bits per heavy atom. The first-order valence-corrected chi connectivity index (χ1v) is 10.3. The highest BCUT2D eigenvalue weighted by molar-refractivity contribution is 5.97. The monoisotopic (exact) mass is 432 g/mol. The molecule has 32 heavy (non-hydrogen) atoms. The zero-order chi connectivity index (χ0) is 23.3. The zero-order valence-corrected chi connectivity index (χ0v) is 18.8. The molecular formula is C26H28N2O4. The molecule has 0 fully saturated rings. The highest BCUT2D eigenvalue weighted by atomic mass is 16.6. The lowest BCUT2D eigenvalue weighted by Gasteiger charge is -2.20. The maximum absolute atomic E-state index is 12.6. The van der Waals surface area contributed by atoms with E-state index < -0.39 is 11.6 Å². The Balaban J connectivity index is 1.73. The zero-order valence-electron chi connectivity index (χ0n) is 18.8. The number of hydrogen-bond donors (Lipinski definition) is 2. The molecule has 0 aliphatic rings. The molecule has 0 amide bonds. The SMILES string of the molecule is COC(=O)c1ccc(NCc2ccc(-c3ccccc3C(=O)OC(C)(C)C)cc2)c(N)c1. The number of rotatable bonds is 6. The van der Waals surface area contributed by atoms with Crippen LogP contribution in [0.1, 0.15) is 47.1 Å². The van der Waals surface area contributed by atoms with Crippen LogP contribution in [0.15, 0.2) is 66.7 Å². The molecule has 0 aliphatic heterocycles. The van der Waals surface area contributed by atoms with Gasteiger partial charge in [0.05, 0.1) is 29.6 Å². The summed E-state index contributed by atoms with van der Waals surface area (Å²) in [5.74, 6) is -0.768. The van der Waals surface area contributed by atoms with Crippen molar-refractivity contribution in [3.8, 4) is 11.1 Å². The molecule has 0 radical (unpaired) electrons. The van der Waals surface area contributed by atoms with E-state index in [1.54, 1.807) is 24.3 Å². The van der Waals surface area contributed by atoms with Crippen molar-refractivity contribution in [2.75, 3.05) is 18.2 Å². The molecule has 0 saturated heterocycles. The van der Waals surface area contributed by atoms with E-state index in [0.29, 0.717) is 23.4 Å². The molecule has 0 atom stereocenters. The minimum atomic E-state index is -0.559. The van der Waals surface area contributed by atoms with E-state index in [1.165, 1.54) is 7.11 Å². The van der Waals surface area contributed by atoms with Gasteiger partial charge in [-0.2, -0.15) is 0 Å². The highest BCUT2D eigenvalue weighted by Gasteiger charge is 2.20. The van der Waals surface area contributed by atoms with Crippen LogP contribution in [-0.2, 0) is 16.0 Å². The second-order valence-corrected chi connectivity index (χ2v) is 8.39. The first-order valence-electron chi connectivity index (χ1n) is 10.3. The van der Waals surface area contributed by atoms with Gasteiger partial charge in [0, 0.05) is 6.54 Å². The summed E-state index contributed by atoms with van der Waals surface area (Å²) in [4.78, 5) is 24.2. The molecule has 0 spiro atoms. The number of nitrogen functional groups attached to an aromatic ring is 1. The fourth-order valence-corrected chi connectivity index (χ4v) is 3.21. The number of methoxy groups -OCH3 is 1. The second kappa shape index (κ2) is 9.56. The lowest BCUT2D eigenvalue weighted by atomic mass is 9.98. The van der Waals surface area contributed by atoms with Crippen LogP contribution in [0, 0.1) is 0 Å². The molecule has 0 aromatic heterocycles. The summed E-state index contributed by atoms with van der Waals surface area (Å²) in [6, 6.07) is 20.4. The standard InChI is InChI=1S/C26H28N2O4/c1-26(2,3)32-25(30)21-8-6-5-7-20(21)18-11-9-17(10-12-18)16-28-23-14-13-19(15-22(23)27)24(29)31-4/h5-15,28H,16,27H2,1-4H3. The Morgan fingerprint density at radius 3 is 2.25 bits per heavy atom. The predicted octanol–water partition coefficient (Wildman–Crippen LogP) is 5.29. The first-order chi connectivity index (χ1) is 15.2. The van der Waals surface area contributed by atoms with Crippen molar-refractivity contribution in [1.82, 2.24) is 0 Å². The lowest BCUT2D eigenvalue weighted by molar-refractivity contribution is 0.00702. The normalized spacial score (nSPS) is 11.0. The summed E-state index contributed by atoms with van der Waals surface area (Å²) in [6.07, 6.45) is 0. The number of benzene rings is 3. The van der Waals surface area contributed by atoms with Crippen molar-refractivity contribution in [1.29, 1.82) is 0 Å². The Hall–Kier alpha value is -3.80. The molecule has 3 N–H and O–H groups in total. The molecule has 0 heterocycles. The number of nitrogens with one attached hydrogen (secondary N) is 1. The van der Waals surface area contributed by atoms with E-state index in [9.17, 15) is 9.59 Å². The van der Waals surface area contributed by atoms with Crippen LogP contribution in [0.4, 0.5) is 11.4 Å². The number of ether oxygens (including phenoxy) is 2. The van der Waals surface area contributed by atoms with E-state index in [-0.39, 0.29) is 5.97 Å². The van der Waals surface area contributed by atoms with Crippen LogP contribution in [-0.4, -0.2) is 24.6 Å². The minimum Gasteiger partial charge on any atom is -0.465 e. The highest BCUT2D eigenvalue weighted by Crippen LogP contribution is 2.27. The van der Waals surface area contributed by atoms with E-state index in [4.69, 9.17) is 15.2 Å². The number of nitrogens with two attached hydrogens (primary N) is 1. The third-order valence-electron chi connectivity index (χ3n) is 4.77. The topological polar surface area (TPSA) is 90.6 Å². The number of carbonyl (C=O) groups excluding carboxylic acids is 2. The number of hydrogen-bond acceptors (Lipinski definition) is 6. The second-order valence-electron chi connectivity index (χ2n) is 8.39. The molecule has 0 unspecified atom stereocenters. The van der Waals surface area contributed by atoms with Crippen LogP contribution >= 0.6 is 0 Å². The third kappa shape index (κ3) is 5.66. The maximum Gasteiger partial charge on any atom is 0.339 e. The van der Waals surface area contributed by atoms with Crippen molar-refractivity contribution in [2.24, 2.45) is 0 Å². The maximum atomic E-state index is 12.6. The van der Waals surface area contributed by atoms with Crippen LogP contribution in [0.3, 0.4) is 0 Å². The molecule has 3 aromatic rings. The number of esters is 2. The molecule has 0 aliphatic carbocycles. The summed E-state index contributed by atoms with van der Waals surface area (Å²) in [6.45, 7) is 6.11. The Labute approximate surface area is 188 Å². The van der Waals surface area contributed by atoms with Crippen LogP contribution in [0.5, 0.6) is 0 Å². The van der Waals surface area contributed by atoms with Gasteiger partial charge < -0.3 is 20.5 Å². The molecule has 166 valence electrons. The van der Waals surface area contributed by atoms with Crippen LogP contribution in [0.25, 0.3) is 11.1 Å². The fourth-order valence-electron chi connectivity index (χ4n) is 3.21. The molecule has 6 heteroatoms. The van der Waals surface area contributed by atoms with E-state index in [1.807, 2.05) is 63.2 Å². The smallest absolute Gasteiger partial charge is 0.339 e. The van der Waals surface area contributed by atoms with Gasteiger partial charge in [0.1, 0.15) is 5.60 Å². The summed E-state index contributed by atoms with van der Waals surface area (Å²) >= 11 is 0. The average Bonchev–Trinajstić information content (AvgIpc) is 2.77. The number of carbonyl (C=O) groups is 2. The van der Waals surface area contributed by atoms with Gasteiger partial charge in [-0.1, -0.05) is 42.5 Å². The van der Waals surface area contributed by atoms with E-state index in [2.05, 4.69) is 5.32 Å². The fraction of sp³-hybridized carbons (Fsp3) is 0.231. The van der Waals surface area contributed by atoms with Gasteiger partial charge >= 0.3 is 11.9 Å². The van der Waals surface area contributed by atoms with Crippen molar-refractivity contribution < 1.29 is 19.1 Å². The van der Waals surface area contributed by atoms with E-state index >= 15 is 0 Å². The quantitative estimate of drug-likeness (QED) is 0.406. The van der Waals surface area contributed by atoms with Gasteiger partial charge in [-0.05, 0) is 61.7 Å². The summed E-state index contributed by atoms with van der Waals surface area (Å²) in [5, 5.41) is 3.28. The van der Waals surface area contributed by atoms with Gasteiger partial charge in [0.15, 0.2) is 0 Å². The minimum absolute atomic E-state index is 0.343. The molecule has 3 aromatic carbocycles. The molecule has 6 nitrogen and oxygen atoms in total. The lowest BCUT2D eigenvalue weighted by Crippen LogP contribution is -2.24. The average molecular weight is 433 g/mol. The molecule has 3 rings (SSSR count). The van der Waals surface area contributed by atoms with Gasteiger partial charge in [-0.15, -0.1) is 0 Å². The van der Waals surface area contributed by atoms with Crippen molar-refractivity contribution in [2.45, 2.75) is 32.9 Å². The van der Waals surface area contributed by atoms with Crippen LogP contribution in [0.2, 0.25) is 0 Å². The Bertz CT molecular complexity index is 1120. The first kappa shape index (κ1) is 22.9. The van der Waals surface area contributed by atoms with Crippen molar-refractivity contribution >= 4 is 23.3 Å². The van der Waals surface area contributed by atoms with Crippen molar-refractivity contribution in [3.05, 3.63) is 83.4 Å². The van der Waals surface area contributed by atoms with Gasteiger partial charge in [0.2, 0.25) is 0 Å². The molecule has 0 saturated carbocycles. The van der Waals surface area contributed by atoms with Gasteiger partial charge in [-0.25, -0.2) is 9.59 Å². The number of anilines is 2. The van der Waals surface area contributed by atoms with Gasteiger partial charge in [0.25, 0.3) is 0 Å². The third-order valence-corrected chi connectivity index (χ3v) is 4.77. The largest absolute Gasteiger partial charge is 0.465 e. The Morgan fingerprint density at radius 2 is 1.62 bits per heavy atom. The van der Waals surface area contributed by atoms with E-state index in [0.717, 1.165) is 22.4 Å². The molecular weight excluding hydrogens is 404 g/mol. The molecule has 0 bridgehead atoms. The van der Waals surface area contributed by atoms with Crippen LogP contribution < -0.4 is 11.1 Å². The summed E-state index contributed by atoms with van der Waals surface area (Å²) in [5.41, 5.74) is 10.4. The summed E-state index contributed by atoms with van der Waals surface area (Å²) < 4.78 is 10.3. The predicted molar refractivity (Wildman–Crippen MR) is 127 cm³/mol. The van der Waals surface area contributed by atoms with Gasteiger partial charge in [-0.3, -0.25) is 0 Å². The van der Waals surface area contributed by atoms with Crippen molar-refractivity contribution in [3.63, 3.8) is 0 Å².